The minimum Gasteiger partial charge on any atom is -0.506 e. The van der Waals surface area contributed by atoms with Crippen LogP contribution in [-0.2, 0) is 10.3 Å². The van der Waals surface area contributed by atoms with Crippen LogP contribution in [0.2, 0.25) is 0 Å². The molecule has 1 aromatic rings. The van der Waals surface area contributed by atoms with Gasteiger partial charge in [-0.1, -0.05) is 20.8 Å². The molecule has 2 aliphatic carbocycles. The van der Waals surface area contributed by atoms with Crippen LogP contribution >= 0.6 is 15.9 Å². The molecule has 1 fully saturated rings. The van der Waals surface area contributed by atoms with Gasteiger partial charge < -0.3 is 14.9 Å². The summed E-state index contributed by atoms with van der Waals surface area (Å²) in [7, 11) is 1.74. The summed E-state index contributed by atoms with van der Waals surface area (Å²) in [6.07, 6.45) is 2.16. The molecule has 0 saturated heterocycles. The summed E-state index contributed by atoms with van der Waals surface area (Å²) >= 11 is 3.50. The Labute approximate surface area is 147 Å². The number of ether oxygens (including phenoxy) is 1. The summed E-state index contributed by atoms with van der Waals surface area (Å²) in [5, 5.41) is 22.4. The minimum atomic E-state index is -1.01. The van der Waals surface area contributed by atoms with Crippen molar-refractivity contribution in [3.8, 4) is 5.75 Å². The second-order valence-electron chi connectivity index (χ2n) is 8.70. The van der Waals surface area contributed by atoms with Crippen molar-refractivity contribution in [1.29, 1.82) is 0 Å². The number of fused-ring (bicyclic) bond motifs is 4. The molecule has 3 unspecified atom stereocenters. The number of halogens is 1. The van der Waals surface area contributed by atoms with Crippen LogP contribution in [0, 0.1) is 24.7 Å². The van der Waals surface area contributed by atoms with Crippen molar-refractivity contribution in [2.24, 2.45) is 10.8 Å². The molecular formula is C19H27BrO3. The van der Waals surface area contributed by atoms with Crippen molar-refractivity contribution in [2.45, 2.75) is 65.6 Å². The Morgan fingerprint density at radius 1 is 1.09 bits per heavy atom. The topological polar surface area (TPSA) is 49.7 Å². The molecule has 3 nitrogen and oxygen atoms in total. The summed E-state index contributed by atoms with van der Waals surface area (Å²) in [5.74, 6) is 0.174. The van der Waals surface area contributed by atoms with Crippen molar-refractivity contribution in [3.63, 3.8) is 0 Å². The summed E-state index contributed by atoms with van der Waals surface area (Å²) in [5.41, 5.74) is 2.60. The van der Waals surface area contributed by atoms with E-state index >= 15 is 0 Å². The van der Waals surface area contributed by atoms with Crippen LogP contribution in [0.4, 0.5) is 0 Å². The van der Waals surface area contributed by atoms with Crippen LogP contribution in [0.15, 0.2) is 4.47 Å². The Bertz CT molecular complexity index is 682. The standard InChI is InChI=1S/C19H27BrO3/c1-10-11(2)14(20)15(21)13-12(10)16(23-6)18(5)7-17(3,4)8-19(13,22)9-18/h16,21-22H,7-9H2,1-6H3. The summed E-state index contributed by atoms with van der Waals surface area (Å²) in [6, 6.07) is 0. The predicted molar refractivity (Wildman–Crippen MR) is 94.7 cm³/mol. The van der Waals surface area contributed by atoms with E-state index in [9.17, 15) is 10.2 Å². The van der Waals surface area contributed by atoms with Gasteiger partial charge in [0.15, 0.2) is 0 Å². The average molecular weight is 383 g/mol. The van der Waals surface area contributed by atoms with Crippen LogP contribution in [0.25, 0.3) is 0 Å². The first-order valence-electron chi connectivity index (χ1n) is 8.23. The minimum absolute atomic E-state index is 0.00602. The lowest BCUT2D eigenvalue weighted by Crippen LogP contribution is -2.52. The Morgan fingerprint density at radius 2 is 1.70 bits per heavy atom. The number of aliphatic hydroxyl groups is 1. The molecule has 0 spiro atoms. The van der Waals surface area contributed by atoms with Gasteiger partial charge in [0.1, 0.15) is 5.75 Å². The van der Waals surface area contributed by atoms with Crippen molar-refractivity contribution in [3.05, 3.63) is 26.7 Å². The van der Waals surface area contributed by atoms with E-state index in [2.05, 4.69) is 43.6 Å². The van der Waals surface area contributed by atoms with Gasteiger partial charge in [0.05, 0.1) is 16.2 Å². The largest absolute Gasteiger partial charge is 0.506 e. The number of phenols is 1. The third-order valence-electron chi connectivity index (χ3n) is 5.96. The molecule has 0 radical (unpaired) electrons. The zero-order valence-electron chi connectivity index (χ0n) is 14.9. The van der Waals surface area contributed by atoms with Gasteiger partial charge in [-0.25, -0.2) is 0 Å². The molecule has 0 aliphatic heterocycles. The molecule has 128 valence electrons. The van der Waals surface area contributed by atoms with Gasteiger partial charge in [-0.2, -0.15) is 0 Å². The van der Waals surface area contributed by atoms with Crippen molar-refractivity contribution >= 4 is 15.9 Å². The first kappa shape index (κ1) is 17.2. The number of rotatable bonds is 1. The van der Waals surface area contributed by atoms with Gasteiger partial charge in [0.25, 0.3) is 0 Å². The van der Waals surface area contributed by atoms with Gasteiger partial charge in [-0.15, -0.1) is 0 Å². The van der Waals surface area contributed by atoms with Gasteiger partial charge in [-0.3, -0.25) is 0 Å². The number of hydrogen-bond acceptors (Lipinski definition) is 3. The van der Waals surface area contributed by atoms with E-state index in [0.717, 1.165) is 23.1 Å². The molecule has 0 heterocycles. The van der Waals surface area contributed by atoms with Crippen LogP contribution in [-0.4, -0.2) is 17.3 Å². The number of aromatic hydroxyl groups is 1. The summed E-state index contributed by atoms with van der Waals surface area (Å²) in [6.45, 7) is 10.7. The van der Waals surface area contributed by atoms with E-state index < -0.39 is 5.60 Å². The van der Waals surface area contributed by atoms with E-state index in [0.29, 0.717) is 22.9 Å². The monoisotopic (exact) mass is 382 g/mol. The van der Waals surface area contributed by atoms with Crippen LogP contribution in [0.1, 0.15) is 68.4 Å². The number of methoxy groups -OCH3 is 1. The second kappa shape index (κ2) is 4.96. The molecule has 0 amide bonds. The maximum Gasteiger partial charge on any atom is 0.136 e. The summed E-state index contributed by atoms with van der Waals surface area (Å²) in [4.78, 5) is 0. The molecule has 2 aliphatic rings. The van der Waals surface area contributed by atoms with Crippen molar-refractivity contribution in [2.75, 3.05) is 7.11 Å². The zero-order valence-corrected chi connectivity index (χ0v) is 16.5. The maximum atomic E-state index is 11.6. The first-order valence-corrected chi connectivity index (χ1v) is 9.02. The summed E-state index contributed by atoms with van der Waals surface area (Å²) < 4.78 is 6.62. The molecule has 4 heteroatoms. The van der Waals surface area contributed by atoms with E-state index in [1.165, 1.54) is 0 Å². The van der Waals surface area contributed by atoms with Gasteiger partial charge in [0.2, 0.25) is 0 Å². The fourth-order valence-corrected chi connectivity index (χ4v) is 6.12. The lowest BCUT2D eigenvalue weighted by atomic mass is 9.50. The highest BCUT2D eigenvalue weighted by atomic mass is 79.9. The van der Waals surface area contributed by atoms with Crippen molar-refractivity contribution in [1.82, 2.24) is 0 Å². The Morgan fingerprint density at radius 3 is 2.26 bits per heavy atom. The first-order chi connectivity index (χ1) is 10.5. The third kappa shape index (κ3) is 2.29. The van der Waals surface area contributed by atoms with Crippen LogP contribution in [0.3, 0.4) is 0 Å². The molecule has 2 bridgehead atoms. The highest BCUT2D eigenvalue weighted by Crippen LogP contribution is 2.66. The third-order valence-corrected chi connectivity index (χ3v) is 6.93. The molecule has 23 heavy (non-hydrogen) atoms. The molecular weight excluding hydrogens is 356 g/mol. The molecule has 3 atom stereocenters. The van der Waals surface area contributed by atoms with Gasteiger partial charge in [0, 0.05) is 18.1 Å². The van der Waals surface area contributed by atoms with E-state index in [-0.39, 0.29) is 22.7 Å². The smallest absolute Gasteiger partial charge is 0.136 e. The molecule has 3 rings (SSSR count). The fraction of sp³-hybridized carbons (Fsp3) is 0.684. The highest BCUT2D eigenvalue weighted by molar-refractivity contribution is 9.10. The van der Waals surface area contributed by atoms with Crippen LogP contribution < -0.4 is 0 Å². The quantitative estimate of drug-likeness (QED) is 0.727. The van der Waals surface area contributed by atoms with Crippen molar-refractivity contribution < 1.29 is 14.9 Å². The van der Waals surface area contributed by atoms with E-state index in [1.807, 2.05) is 6.92 Å². The molecule has 0 aromatic heterocycles. The SMILES string of the molecule is COC1c2c(C)c(C)c(Br)c(O)c2C2(O)CC(C)(C)CC1(C)C2. The lowest BCUT2D eigenvalue weighted by molar-refractivity contribution is -0.160. The molecule has 1 aromatic carbocycles. The second-order valence-corrected chi connectivity index (χ2v) is 9.49. The van der Waals surface area contributed by atoms with Gasteiger partial charge >= 0.3 is 0 Å². The molecule has 2 N–H and O–H groups in total. The number of benzene rings is 1. The average Bonchev–Trinajstić information content (AvgIpc) is 2.38. The fourth-order valence-electron chi connectivity index (χ4n) is 5.62. The van der Waals surface area contributed by atoms with E-state index in [4.69, 9.17) is 4.74 Å². The Balaban J connectivity index is 2.40. The van der Waals surface area contributed by atoms with Gasteiger partial charge in [-0.05, 0) is 71.1 Å². The number of phenolic OH excluding ortho intramolecular Hbond substituents is 1. The Kier molecular flexibility index (Phi) is 3.72. The molecule has 1 saturated carbocycles. The maximum absolute atomic E-state index is 11.6. The number of hydrogen-bond donors (Lipinski definition) is 2. The normalized spacial score (nSPS) is 35.0. The predicted octanol–water partition coefficient (Wildman–Crippen LogP) is 4.88. The highest BCUT2D eigenvalue weighted by Gasteiger charge is 2.59. The lowest BCUT2D eigenvalue weighted by Gasteiger charge is -2.58. The Hall–Kier alpha value is -0.580. The zero-order chi connectivity index (χ0) is 17.4. The van der Waals surface area contributed by atoms with E-state index in [1.54, 1.807) is 7.11 Å². The van der Waals surface area contributed by atoms with Crippen LogP contribution in [0.5, 0.6) is 5.75 Å².